The Bertz CT molecular complexity index is 839. The van der Waals surface area contributed by atoms with Gasteiger partial charge >= 0.3 is 17.9 Å². The zero-order valence-corrected chi connectivity index (χ0v) is 37.6. The molecule has 0 aromatic rings. The Morgan fingerprint density at radius 3 is 0.891 bits per heavy atom. The molecule has 0 spiro atoms. The van der Waals surface area contributed by atoms with Crippen molar-refractivity contribution in [3.8, 4) is 0 Å². The maximum atomic E-state index is 12.7. The van der Waals surface area contributed by atoms with Crippen LogP contribution in [0.1, 0.15) is 266 Å². The Morgan fingerprint density at radius 1 is 0.345 bits per heavy atom. The van der Waals surface area contributed by atoms with Crippen LogP contribution in [0.3, 0.4) is 0 Å². The SMILES string of the molecule is CCCCCCCCCCCCC(=O)OC[C@@H](COC(=O)CCCCCCCCCCCCCC(C)C)OC(=O)CCCCCCCCCCCCC(C)C. The molecule has 0 fully saturated rings. The predicted molar refractivity (Wildman–Crippen MR) is 233 cm³/mol. The van der Waals surface area contributed by atoms with E-state index < -0.39 is 6.10 Å². The van der Waals surface area contributed by atoms with E-state index in [0.29, 0.717) is 19.3 Å². The van der Waals surface area contributed by atoms with Gasteiger partial charge in [0, 0.05) is 19.3 Å². The quantitative estimate of drug-likeness (QED) is 0.0348. The average molecular weight is 779 g/mol. The second-order valence-electron chi connectivity index (χ2n) is 17.7. The predicted octanol–water partition coefficient (Wildman–Crippen LogP) is 15.4. The summed E-state index contributed by atoms with van der Waals surface area (Å²) in [7, 11) is 0. The number of ether oxygens (including phenoxy) is 3. The molecule has 0 heterocycles. The highest BCUT2D eigenvalue weighted by Gasteiger charge is 2.19. The summed E-state index contributed by atoms with van der Waals surface area (Å²) in [5, 5.41) is 0. The van der Waals surface area contributed by atoms with Crippen LogP contribution in [0.5, 0.6) is 0 Å². The van der Waals surface area contributed by atoms with E-state index in [9.17, 15) is 14.4 Å². The van der Waals surface area contributed by atoms with Gasteiger partial charge in [-0.2, -0.15) is 0 Å². The molecule has 0 bridgehead atoms. The molecule has 6 nitrogen and oxygen atoms in total. The van der Waals surface area contributed by atoms with Crippen molar-refractivity contribution < 1.29 is 28.6 Å². The molecule has 0 saturated carbocycles. The zero-order chi connectivity index (χ0) is 40.5. The van der Waals surface area contributed by atoms with Gasteiger partial charge in [-0.05, 0) is 31.1 Å². The summed E-state index contributed by atoms with van der Waals surface area (Å²) >= 11 is 0. The lowest BCUT2D eigenvalue weighted by molar-refractivity contribution is -0.167. The number of carbonyl (C=O) groups is 3. The van der Waals surface area contributed by atoms with Gasteiger partial charge in [-0.15, -0.1) is 0 Å². The van der Waals surface area contributed by atoms with E-state index in [0.717, 1.165) is 69.6 Å². The van der Waals surface area contributed by atoms with Crippen LogP contribution >= 0.6 is 0 Å². The molecule has 1 atom stereocenters. The first-order chi connectivity index (χ1) is 26.7. The monoisotopic (exact) mass is 779 g/mol. The summed E-state index contributed by atoms with van der Waals surface area (Å²) < 4.78 is 16.7. The van der Waals surface area contributed by atoms with E-state index in [1.165, 1.54) is 154 Å². The molecule has 0 radical (unpaired) electrons. The number of unbranched alkanes of at least 4 members (excludes halogenated alkanes) is 28. The molecule has 0 aliphatic carbocycles. The van der Waals surface area contributed by atoms with Crippen LogP contribution in [-0.2, 0) is 28.6 Å². The highest BCUT2D eigenvalue weighted by atomic mass is 16.6. The normalized spacial score (nSPS) is 12.1. The summed E-state index contributed by atoms with van der Waals surface area (Å²) in [4.78, 5) is 37.8. The first-order valence-electron chi connectivity index (χ1n) is 24.2. The number of rotatable bonds is 43. The first-order valence-corrected chi connectivity index (χ1v) is 24.2. The Morgan fingerprint density at radius 2 is 0.600 bits per heavy atom. The first kappa shape index (κ1) is 53.4. The summed E-state index contributed by atoms with van der Waals surface area (Å²) in [5.74, 6) is 0.789. The topological polar surface area (TPSA) is 78.9 Å². The van der Waals surface area contributed by atoms with Crippen molar-refractivity contribution in [2.45, 2.75) is 272 Å². The third kappa shape index (κ3) is 43.4. The molecular formula is C49H94O6. The fourth-order valence-electron chi connectivity index (χ4n) is 7.28. The van der Waals surface area contributed by atoms with Crippen LogP contribution in [0, 0.1) is 11.8 Å². The minimum absolute atomic E-state index is 0.0644. The molecule has 0 amide bonds. The third-order valence-corrected chi connectivity index (χ3v) is 11.0. The number of hydrogen-bond acceptors (Lipinski definition) is 6. The van der Waals surface area contributed by atoms with Crippen LogP contribution in [-0.4, -0.2) is 37.2 Å². The highest BCUT2D eigenvalue weighted by Crippen LogP contribution is 2.17. The molecule has 0 rings (SSSR count). The molecular weight excluding hydrogens is 685 g/mol. The largest absolute Gasteiger partial charge is 0.462 e. The van der Waals surface area contributed by atoms with Gasteiger partial charge in [0.25, 0.3) is 0 Å². The lowest BCUT2D eigenvalue weighted by atomic mass is 10.0. The fraction of sp³-hybridized carbons (Fsp3) is 0.939. The number of esters is 3. The zero-order valence-electron chi connectivity index (χ0n) is 37.6. The molecule has 326 valence electrons. The summed E-state index contributed by atoms with van der Waals surface area (Å²) in [6.07, 6.45) is 40.9. The van der Waals surface area contributed by atoms with Crippen molar-refractivity contribution in [1.82, 2.24) is 0 Å². The van der Waals surface area contributed by atoms with Crippen molar-refractivity contribution in [2.24, 2.45) is 11.8 Å². The summed E-state index contributed by atoms with van der Waals surface area (Å²) in [6, 6.07) is 0. The molecule has 0 N–H and O–H groups in total. The van der Waals surface area contributed by atoms with Crippen LogP contribution in [0.15, 0.2) is 0 Å². The Kier molecular flexibility index (Phi) is 40.8. The van der Waals surface area contributed by atoms with Gasteiger partial charge < -0.3 is 14.2 Å². The van der Waals surface area contributed by atoms with E-state index in [2.05, 4.69) is 34.6 Å². The molecule has 55 heavy (non-hydrogen) atoms. The molecule has 0 unspecified atom stereocenters. The van der Waals surface area contributed by atoms with Crippen LogP contribution in [0.4, 0.5) is 0 Å². The van der Waals surface area contributed by atoms with Gasteiger partial charge in [-0.25, -0.2) is 0 Å². The smallest absolute Gasteiger partial charge is 0.306 e. The standard InChI is InChI=1S/C49H94O6/c1-6-7-8-9-10-11-19-24-29-34-39-47(50)53-42-46(55-49(52)41-36-31-26-21-16-15-18-23-28-33-38-45(4)5)43-54-48(51)40-35-30-25-20-14-12-13-17-22-27-32-37-44(2)3/h44-46H,6-43H2,1-5H3/t46-/m0/s1. The molecule has 0 aliphatic rings. The van der Waals surface area contributed by atoms with Crippen molar-refractivity contribution in [1.29, 1.82) is 0 Å². The fourth-order valence-corrected chi connectivity index (χ4v) is 7.28. The lowest BCUT2D eigenvalue weighted by Crippen LogP contribution is -2.30. The Labute approximate surface area is 342 Å². The average Bonchev–Trinajstić information content (AvgIpc) is 3.15. The number of carbonyl (C=O) groups excluding carboxylic acids is 3. The van der Waals surface area contributed by atoms with Crippen LogP contribution < -0.4 is 0 Å². The van der Waals surface area contributed by atoms with E-state index >= 15 is 0 Å². The van der Waals surface area contributed by atoms with Gasteiger partial charge in [0.1, 0.15) is 13.2 Å². The van der Waals surface area contributed by atoms with E-state index in [-0.39, 0.29) is 31.1 Å². The van der Waals surface area contributed by atoms with E-state index in [1.54, 1.807) is 0 Å². The Hall–Kier alpha value is -1.59. The number of hydrogen-bond donors (Lipinski definition) is 0. The molecule has 0 aliphatic heterocycles. The second-order valence-corrected chi connectivity index (χ2v) is 17.7. The van der Waals surface area contributed by atoms with Gasteiger partial charge in [0.05, 0.1) is 0 Å². The summed E-state index contributed by atoms with van der Waals surface area (Å²) in [6.45, 7) is 11.3. The molecule has 0 aromatic heterocycles. The minimum atomic E-state index is -0.760. The van der Waals surface area contributed by atoms with E-state index in [4.69, 9.17) is 14.2 Å². The maximum absolute atomic E-state index is 12.7. The third-order valence-electron chi connectivity index (χ3n) is 11.0. The van der Waals surface area contributed by atoms with Crippen molar-refractivity contribution in [3.05, 3.63) is 0 Å². The van der Waals surface area contributed by atoms with Crippen LogP contribution in [0.25, 0.3) is 0 Å². The van der Waals surface area contributed by atoms with Gasteiger partial charge in [0.2, 0.25) is 0 Å². The lowest BCUT2D eigenvalue weighted by Gasteiger charge is -2.18. The molecule has 0 aromatic carbocycles. The van der Waals surface area contributed by atoms with Gasteiger partial charge in [-0.3, -0.25) is 14.4 Å². The van der Waals surface area contributed by atoms with Crippen LogP contribution in [0.2, 0.25) is 0 Å². The van der Waals surface area contributed by atoms with Crippen molar-refractivity contribution in [2.75, 3.05) is 13.2 Å². The van der Waals surface area contributed by atoms with Crippen molar-refractivity contribution >= 4 is 17.9 Å². The van der Waals surface area contributed by atoms with E-state index in [1.807, 2.05) is 0 Å². The highest BCUT2D eigenvalue weighted by molar-refractivity contribution is 5.71. The summed E-state index contributed by atoms with van der Waals surface area (Å²) in [5.41, 5.74) is 0. The second kappa shape index (κ2) is 42.0. The molecule has 6 heteroatoms. The maximum Gasteiger partial charge on any atom is 0.306 e. The van der Waals surface area contributed by atoms with Crippen molar-refractivity contribution in [3.63, 3.8) is 0 Å². The minimum Gasteiger partial charge on any atom is -0.462 e. The van der Waals surface area contributed by atoms with Gasteiger partial charge in [0.15, 0.2) is 6.10 Å². The molecule has 0 saturated heterocycles. The van der Waals surface area contributed by atoms with Gasteiger partial charge in [-0.1, -0.05) is 227 Å². The Balaban J connectivity index is 4.32.